The summed E-state index contributed by atoms with van der Waals surface area (Å²) in [6.45, 7) is 4.55. The lowest BCUT2D eigenvalue weighted by Gasteiger charge is -2.05. The van der Waals surface area contributed by atoms with Gasteiger partial charge in [0.1, 0.15) is 10.8 Å². The van der Waals surface area contributed by atoms with Crippen LogP contribution in [-0.2, 0) is 0 Å². The van der Waals surface area contributed by atoms with E-state index in [9.17, 15) is 0 Å². The van der Waals surface area contributed by atoms with Gasteiger partial charge in [-0.2, -0.15) is 4.37 Å². The van der Waals surface area contributed by atoms with E-state index in [1.807, 2.05) is 13.8 Å². The highest BCUT2D eigenvalue weighted by Gasteiger charge is 2.15. The molecule has 0 bridgehead atoms. The van der Waals surface area contributed by atoms with E-state index in [2.05, 4.69) is 9.36 Å². The van der Waals surface area contributed by atoms with E-state index in [-0.39, 0.29) is 12.5 Å². The summed E-state index contributed by atoms with van der Waals surface area (Å²) in [5, 5.41) is 9.83. The highest BCUT2D eigenvalue weighted by Crippen LogP contribution is 2.19. The Morgan fingerprint density at radius 1 is 1.54 bits per heavy atom. The molecule has 1 aromatic rings. The number of nitrogens with zero attached hydrogens (tertiary/aromatic N) is 2. The Morgan fingerprint density at radius 2 is 2.23 bits per heavy atom. The second kappa shape index (κ2) is 4.64. The van der Waals surface area contributed by atoms with Crippen LogP contribution in [0.3, 0.4) is 0 Å². The van der Waals surface area contributed by atoms with Crippen LogP contribution in [0.25, 0.3) is 0 Å². The summed E-state index contributed by atoms with van der Waals surface area (Å²) in [4.78, 5) is 4.32. The van der Waals surface area contributed by atoms with Crippen molar-refractivity contribution >= 4 is 11.5 Å². The second-order valence-electron chi connectivity index (χ2n) is 3.26. The molecule has 1 rings (SSSR count). The van der Waals surface area contributed by atoms with Crippen molar-refractivity contribution in [3.63, 3.8) is 0 Å². The molecule has 1 heterocycles. The zero-order chi connectivity index (χ0) is 9.84. The van der Waals surface area contributed by atoms with Crippen molar-refractivity contribution in [2.45, 2.75) is 25.7 Å². The van der Waals surface area contributed by atoms with Gasteiger partial charge in [0.25, 0.3) is 0 Å². The minimum absolute atomic E-state index is 0.0449. The summed E-state index contributed by atoms with van der Waals surface area (Å²) in [5.74, 6) is 1.12. The average Bonchev–Trinajstić information content (AvgIpc) is 2.56. The smallest absolute Gasteiger partial charge is 0.145 e. The quantitative estimate of drug-likeness (QED) is 0.752. The molecule has 13 heavy (non-hydrogen) atoms. The maximum absolute atomic E-state index is 8.99. The first kappa shape index (κ1) is 10.6. The van der Waals surface area contributed by atoms with Gasteiger partial charge in [0.15, 0.2) is 0 Å². The molecule has 1 aromatic heterocycles. The van der Waals surface area contributed by atoms with Crippen LogP contribution >= 0.6 is 11.5 Å². The van der Waals surface area contributed by atoms with Crippen LogP contribution in [0.2, 0.25) is 0 Å². The van der Waals surface area contributed by atoms with Gasteiger partial charge in [0.05, 0.1) is 6.61 Å². The zero-order valence-electron chi connectivity index (χ0n) is 7.90. The fourth-order valence-electron chi connectivity index (χ4n) is 0.901. The monoisotopic (exact) mass is 201 g/mol. The van der Waals surface area contributed by atoms with Crippen molar-refractivity contribution in [1.82, 2.24) is 9.36 Å². The Hall–Kier alpha value is -0.520. The number of rotatable bonds is 4. The summed E-state index contributed by atoms with van der Waals surface area (Å²) in [5.41, 5.74) is 5.48. The molecule has 0 saturated carbocycles. The lowest BCUT2D eigenvalue weighted by molar-refractivity contribution is 0.267. The van der Waals surface area contributed by atoms with E-state index in [4.69, 9.17) is 10.8 Å². The van der Waals surface area contributed by atoms with Gasteiger partial charge < -0.3 is 10.8 Å². The molecule has 74 valence electrons. The van der Waals surface area contributed by atoms with E-state index in [1.165, 1.54) is 11.5 Å². The van der Waals surface area contributed by atoms with Crippen molar-refractivity contribution in [1.29, 1.82) is 0 Å². The molecule has 0 aliphatic heterocycles. The Bertz CT molecular complexity index is 258. The molecule has 0 aliphatic carbocycles. The van der Waals surface area contributed by atoms with Crippen LogP contribution in [-0.4, -0.2) is 27.6 Å². The number of aliphatic hydroxyl groups excluding tert-OH is 1. The molecule has 1 unspecified atom stereocenters. The highest BCUT2D eigenvalue weighted by molar-refractivity contribution is 7.05. The molecule has 4 nitrogen and oxygen atoms in total. The minimum Gasteiger partial charge on any atom is -0.396 e. The lowest BCUT2D eigenvalue weighted by Crippen LogP contribution is -2.15. The van der Waals surface area contributed by atoms with Gasteiger partial charge in [0, 0.05) is 18.4 Å². The molecule has 0 spiro atoms. The van der Waals surface area contributed by atoms with Crippen molar-refractivity contribution in [3.05, 3.63) is 10.8 Å². The van der Waals surface area contributed by atoms with Gasteiger partial charge in [-0.05, 0) is 11.5 Å². The van der Waals surface area contributed by atoms with E-state index in [0.717, 1.165) is 10.8 Å². The molecule has 1 atom stereocenters. The van der Waals surface area contributed by atoms with Crippen LogP contribution < -0.4 is 5.73 Å². The first-order chi connectivity index (χ1) is 6.19. The summed E-state index contributed by atoms with van der Waals surface area (Å²) in [6.07, 6.45) is 0. The fraction of sp³-hybridized carbons (Fsp3) is 0.750. The van der Waals surface area contributed by atoms with Crippen LogP contribution in [0, 0.1) is 0 Å². The standard InChI is InChI=1S/C8H15N3OS/c1-5(2)7-10-8(13-11-7)6(3-9)4-12/h5-6,12H,3-4,9H2,1-2H3. The normalized spacial score (nSPS) is 13.6. The summed E-state index contributed by atoms with van der Waals surface area (Å²) >= 11 is 1.33. The van der Waals surface area contributed by atoms with Gasteiger partial charge in [0.2, 0.25) is 0 Å². The van der Waals surface area contributed by atoms with Crippen molar-refractivity contribution < 1.29 is 5.11 Å². The Labute approximate surface area is 82.0 Å². The van der Waals surface area contributed by atoms with Crippen LogP contribution in [0.5, 0.6) is 0 Å². The molecule has 0 fully saturated rings. The van der Waals surface area contributed by atoms with Gasteiger partial charge in [-0.3, -0.25) is 0 Å². The maximum Gasteiger partial charge on any atom is 0.145 e. The molecule has 0 aliphatic rings. The molecular formula is C8H15N3OS. The Kier molecular flexibility index (Phi) is 3.77. The van der Waals surface area contributed by atoms with E-state index >= 15 is 0 Å². The van der Waals surface area contributed by atoms with E-state index in [1.54, 1.807) is 0 Å². The minimum atomic E-state index is -0.0509. The first-order valence-corrected chi connectivity index (χ1v) is 5.10. The largest absolute Gasteiger partial charge is 0.396 e. The van der Waals surface area contributed by atoms with E-state index < -0.39 is 0 Å². The Balaban J connectivity index is 2.78. The highest BCUT2D eigenvalue weighted by atomic mass is 32.1. The number of aliphatic hydroxyl groups is 1. The predicted octanol–water partition coefficient (Wildman–Crippen LogP) is 0.696. The van der Waals surface area contributed by atoms with Gasteiger partial charge in [-0.15, -0.1) is 0 Å². The number of hydrogen-bond acceptors (Lipinski definition) is 5. The van der Waals surface area contributed by atoms with Gasteiger partial charge >= 0.3 is 0 Å². The molecule has 3 N–H and O–H groups in total. The lowest BCUT2D eigenvalue weighted by atomic mass is 10.2. The summed E-state index contributed by atoms with van der Waals surface area (Å²) in [7, 11) is 0. The van der Waals surface area contributed by atoms with Crippen LogP contribution in [0.4, 0.5) is 0 Å². The van der Waals surface area contributed by atoms with Crippen molar-refractivity contribution in [2.24, 2.45) is 5.73 Å². The third kappa shape index (κ3) is 2.46. The number of nitrogens with two attached hydrogens (primary N) is 1. The summed E-state index contributed by atoms with van der Waals surface area (Å²) in [6, 6.07) is 0. The Morgan fingerprint density at radius 3 is 2.62 bits per heavy atom. The molecule has 0 radical (unpaired) electrons. The average molecular weight is 201 g/mol. The number of hydrogen-bond donors (Lipinski definition) is 2. The molecule has 0 aromatic carbocycles. The first-order valence-electron chi connectivity index (χ1n) is 4.33. The maximum atomic E-state index is 8.99. The van der Waals surface area contributed by atoms with Crippen molar-refractivity contribution in [3.8, 4) is 0 Å². The van der Waals surface area contributed by atoms with Crippen LogP contribution in [0.15, 0.2) is 0 Å². The topological polar surface area (TPSA) is 72.0 Å². The number of aromatic nitrogens is 2. The van der Waals surface area contributed by atoms with Crippen molar-refractivity contribution in [2.75, 3.05) is 13.2 Å². The summed E-state index contributed by atoms with van der Waals surface area (Å²) < 4.78 is 4.20. The van der Waals surface area contributed by atoms with Gasteiger partial charge in [-0.1, -0.05) is 13.8 Å². The SMILES string of the molecule is CC(C)c1nsc(C(CN)CO)n1. The predicted molar refractivity (Wildman–Crippen MR) is 52.9 cm³/mol. The molecule has 0 saturated heterocycles. The van der Waals surface area contributed by atoms with E-state index in [0.29, 0.717) is 12.5 Å². The molecule has 0 amide bonds. The molecule has 5 heteroatoms. The third-order valence-corrected chi connectivity index (χ3v) is 2.72. The zero-order valence-corrected chi connectivity index (χ0v) is 8.71. The fourth-order valence-corrected chi connectivity index (χ4v) is 1.79. The van der Waals surface area contributed by atoms with Crippen LogP contribution in [0.1, 0.15) is 36.5 Å². The van der Waals surface area contributed by atoms with Gasteiger partial charge in [-0.25, -0.2) is 4.98 Å². The third-order valence-electron chi connectivity index (χ3n) is 1.83. The second-order valence-corrected chi connectivity index (χ2v) is 4.04. The molecular weight excluding hydrogens is 186 g/mol.